The minimum absolute atomic E-state index is 0.472. The summed E-state index contributed by atoms with van der Waals surface area (Å²) in [7, 11) is 2.12. The van der Waals surface area contributed by atoms with Crippen molar-refractivity contribution in [1.29, 1.82) is 0 Å². The Hall–Kier alpha value is -0.840. The van der Waals surface area contributed by atoms with Crippen LogP contribution in [0.3, 0.4) is 0 Å². The second-order valence-electron chi connectivity index (χ2n) is 4.85. The highest BCUT2D eigenvalue weighted by molar-refractivity contribution is 5.06. The highest BCUT2D eigenvalue weighted by Crippen LogP contribution is 2.16. The molecule has 4 nitrogen and oxygen atoms in total. The van der Waals surface area contributed by atoms with E-state index in [-0.39, 0.29) is 0 Å². The first-order chi connectivity index (χ1) is 8.28. The van der Waals surface area contributed by atoms with Crippen molar-refractivity contribution in [1.82, 2.24) is 4.90 Å². The Balaban J connectivity index is 1.77. The largest absolute Gasteiger partial charge is 0.463 e. The number of nitrogens with zero attached hydrogens (tertiary/aromatic N) is 1. The Morgan fingerprint density at radius 1 is 1.41 bits per heavy atom. The molecule has 4 heteroatoms. The summed E-state index contributed by atoms with van der Waals surface area (Å²) in [6.07, 6.45) is 2.47. The van der Waals surface area contributed by atoms with Crippen LogP contribution in [-0.4, -0.2) is 31.7 Å². The van der Waals surface area contributed by atoms with E-state index >= 15 is 0 Å². The van der Waals surface area contributed by atoms with E-state index in [4.69, 9.17) is 14.9 Å². The van der Waals surface area contributed by atoms with E-state index in [1.807, 2.05) is 12.1 Å². The maximum Gasteiger partial charge on any atom is 0.118 e. The van der Waals surface area contributed by atoms with Crippen LogP contribution in [0.25, 0.3) is 0 Å². The van der Waals surface area contributed by atoms with Gasteiger partial charge in [0.1, 0.15) is 11.5 Å². The lowest BCUT2D eigenvalue weighted by Gasteiger charge is -2.26. The van der Waals surface area contributed by atoms with E-state index in [1.54, 1.807) is 0 Å². The van der Waals surface area contributed by atoms with Crippen LogP contribution in [0, 0.1) is 5.92 Å². The standard InChI is InChI=1S/C13H22N2O2/c1-15(8-11-3-2-6-16-10-11)9-13-5-4-12(7-14)17-13/h4-5,11H,2-3,6-10,14H2,1H3. The van der Waals surface area contributed by atoms with Crippen LogP contribution in [0.5, 0.6) is 0 Å². The van der Waals surface area contributed by atoms with E-state index in [0.717, 1.165) is 37.8 Å². The summed E-state index contributed by atoms with van der Waals surface area (Å²) >= 11 is 0. The van der Waals surface area contributed by atoms with Crippen molar-refractivity contribution in [3.63, 3.8) is 0 Å². The second-order valence-corrected chi connectivity index (χ2v) is 4.85. The molecule has 1 saturated heterocycles. The van der Waals surface area contributed by atoms with E-state index in [9.17, 15) is 0 Å². The molecule has 0 bridgehead atoms. The lowest BCUT2D eigenvalue weighted by Crippen LogP contribution is -2.30. The lowest BCUT2D eigenvalue weighted by atomic mass is 10.0. The predicted molar refractivity (Wildman–Crippen MR) is 66.5 cm³/mol. The van der Waals surface area contributed by atoms with Crippen molar-refractivity contribution in [3.8, 4) is 0 Å². The molecular weight excluding hydrogens is 216 g/mol. The first-order valence-corrected chi connectivity index (χ1v) is 6.32. The molecule has 17 heavy (non-hydrogen) atoms. The van der Waals surface area contributed by atoms with Crippen molar-refractivity contribution in [2.24, 2.45) is 11.7 Å². The average molecular weight is 238 g/mol. The Bertz CT molecular complexity index is 332. The van der Waals surface area contributed by atoms with E-state index in [0.29, 0.717) is 12.5 Å². The zero-order valence-corrected chi connectivity index (χ0v) is 10.5. The topological polar surface area (TPSA) is 51.6 Å². The summed E-state index contributed by atoms with van der Waals surface area (Å²) < 4.78 is 11.1. The van der Waals surface area contributed by atoms with Crippen molar-refractivity contribution in [3.05, 3.63) is 23.7 Å². The van der Waals surface area contributed by atoms with Gasteiger partial charge in [-0.1, -0.05) is 0 Å². The SMILES string of the molecule is CN(Cc1ccc(CN)o1)CC1CCCOC1. The van der Waals surface area contributed by atoms with E-state index in [2.05, 4.69) is 11.9 Å². The zero-order chi connectivity index (χ0) is 12.1. The third-order valence-electron chi connectivity index (χ3n) is 3.17. The molecule has 2 heterocycles. The molecule has 2 N–H and O–H groups in total. The fraction of sp³-hybridized carbons (Fsp3) is 0.692. The molecule has 0 aliphatic carbocycles. The van der Waals surface area contributed by atoms with Crippen LogP contribution in [0.15, 0.2) is 16.5 Å². The summed E-state index contributed by atoms with van der Waals surface area (Å²) in [6, 6.07) is 3.96. The van der Waals surface area contributed by atoms with Crippen LogP contribution < -0.4 is 5.73 Å². The summed E-state index contributed by atoms with van der Waals surface area (Å²) in [5, 5.41) is 0. The molecule has 1 aliphatic rings. The minimum atomic E-state index is 0.472. The van der Waals surface area contributed by atoms with Crippen molar-refractivity contribution < 1.29 is 9.15 Å². The Morgan fingerprint density at radius 3 is 2.88 bits per heavy atom. The molecule has 96 valence electrons. The molecule has 1 unspecified atom stereocenters. The van der Waals surface area contributed by atoms with Gasteiger partial charge >= 0.3 is 0 Å². The fourth-order valence-electron chi connectivity index (χ4n) is 2.34. The number of nitrogens with two attached hydrogens (primary N) is 1. The third-order valence-corrected chi connectivity index (χ3v) is 3.17. The van der Waals surface area contributed by atoms with E-state index < -0.39 is 0 Å². The number of hydrogen-bond acceptors (Lipinski definition) is 4. The third kappa shape index (κ3) is 3.84. The van der Waals surface area contributed by atoms with Crippen LogP contribution in [0.1, 0.15) is 24.4 Å². The second kappa shape index (κ2) is 6.19. The highest BCUT2D eigenvalue weighted by Gasteiger charge is 2.16. The average Bonchev–Trinajstić information content (AvgIpc) is 2.78. The number of furan rings is 1. The molecule has 0 saturated carbocycles. The van der Waals surface area contributed by atoms with E-state index in [1.165, 1.54) is 12.8 Å². The van der Waals surface area contributed by atoms with Crippen LogP contribution in [-0.2, 0) is 17.8 Å². The quantitative estimate of drug-likeness (QED) is 0.846. The number of rotatable bonds is 5. The predicted octanol–water partition coefficient (Wildman–Crippen LogP) is 1.60. The van der Waals surface area contributed by atoms with Gasteiger partial charge in [-0.15, -0.1) is 0 Å². The summed E-state index contributed by atoms with van der Waals surface area (Å²) in [4.78, 5) is 2.29. The molecule has 2 rings (SSSR count). The Labute approximate surface area is 103 Å². The van der Waals surface area contributed by atoms with Crippen LogP contribution in [0.4, 0.5) is 0 Å². The van der Waals surface area contributed by atoms with Crippen molar-refractivity contribution in [2.75, 3.05) is 26.8 Å². The molecular formula is C13H22N2O2. The summed E-state index contributed by atoms with van der Waals surface area (Å²) in [5.41, 5.74) is 5.52. The maximum absolute atomic E-state index is 5.59. The van der Waals surface area contributed by atoms with Gasteiger partial charge in [0.05, 0.1) is 19.7 Å². The number of hydrogen-bond donors (Lipinski definition) is 1. The molecule has 1 atom stereocenters. The Morgan fingerprint density at radius 2 is 2.24 bits per heavy atom. The molecule has 1 fully saturated rings. The smallest absolute Gasteiger partial charge is 0.118 e. The first kappa shape index (κ1) is 12.6. The fourth-order valence-corrected chi connectivity index (χ4v) is 2.34. The molecule has 1 aromatic heterocycles. The summed E-state index contributed by atoms with van der Waals surface area (Å²) in [5.74, 6) is 2.51. The van der Waals surface area contributed by atoms with Gasteiger partial charge in [0.2, 0.25) is 0 Å². The maximum atomic E-state index is 5.59. The van der Waals surface area contributed by atoms with Gasteiger partial charge in [-0.2, -0.15) is 0 Å². The normalized spacial score (nSPS) is 21.0. The lowest BCUT2D eigenvalue weighted by molar-refractivity contribution is 0.0403. The Kier molecular flexibility index (Phi) is 4.59. The molecule has 0 spiro atoms. The zero-order valence-electron chi connectivity index (χ0n) is 10.5. The van der Waals surface area contributed by atoms with Crippen LogP contribution in [0.2, 0.25) is 0 Å². The van der Waals surface area contributed by atoms with Gasteiger partial charge < -0.3 is 14.9 Å². The van der Waals surface area contributed by atoms with Gasteiger partial charge in [-0.25, -0.2) is 0 Å². The number of ether oxygens (including phenoxy) is 1. The molecule has 0 amide bonds. The molecule has 1 aliphatic heterocycles. The van der Waals surface area contributed by atoms with Gasteiger partial charge in [-0.05, 0) is 37.9 Å². The highest BCUT2D eigenvalue weighted by atomic mass is 16.5. The summed E-state index contributed by atoms with van der Waals surface area (Å²) in [6.45, 7) is 4.21. The van der Waals surface area contributed by atoms with Crippen molar-refractivity contribution in [2.45, 2.75) is 25.9 Å². The van der Waals surface area contributed by atoms with Crippen molar-refractivity contribution >= 4 is 0 Å². The minimum Gasteiger partial charge on any atom is -0.463 e. The van der Waals surface area contributed by atoms with Gasteiger partial charge in [0.25, 0.3) is 0 Å². The first-order valence-electron chi connectivity index (χ1n) is 6.32. The van der Waals surface area contributed by atoms with Gasteiger partial charge in [-0.3, -0.25) is 4.90 Å². The molecule has 0 radical (unpaired) electrons. The van der Waals surface area contributed by atoms with Gasteiger partial charge in [0.15, 0.2) is 0 Å². The van der Waals surface area contributed by atoms with Crippen LogP contribution >= 0.6 is 0 Å². The van der Waals surface area contributed by atoms with Gasteiger partial charge in [0, 0.05) is 13.2 Å². The molecule has 1 aromatic rings. The molecule has 0 aromatic carbocycles. The monoisotopic (exact) mass is 238 g/mol.